The molecule has 0 unspecified atom stereocenters. The zero-order valence-corrected chi connectivity index (χ0v) is 22.2. The van der Waals surface area contributed by atoms with Crippen LogP contribution < -0.4 is 9.47 Å². The average Bonchev–Trinajstić information content (AvgIpc) is 3.54. The number of furan rings is 1. The lowest BCUT2D eigenvalue weighted by Crippen LogP contribution is -2.48. The first-order valence-electron chi connectivity index (χ1n) is 13.1. The molecule has 0 bridgehead atoms. The van der Waals surface area contributed by atoms with E-state index in [1.54, 1.807) is 12.1 Å². The van der Waals surface area contributed by atoms with Gasteiger partial charge < -0.3 is 18.8 Å². The quantitative estimate of drug-likeness (QED) is 0.312. The van der Waals surface area contributed by atoms with Crippen LogP contribution in [0, 0.1) is 13.8 Å². The summed E-state index contributed by atoms with van der Waals surface area (Å²) in [6.07, 6.45) is 0. The number of piperazine rings is 1. The number of hydrogen-bond donors (Lipinski definition) is 0. The lowest BCUT2D eigenvalue weighted by molar-refractivity contribution is 0.0593. The average molecular weight is 515 g/mol. The van der Waals surface area contributed by atoms with E-state index in [2.05, 4.69) is 30.9 Å². The second kappa shape index (κ2) is 11.6. The standard InChI is InChI=1S/C30H34N4O4/c1-4-36-25-10-12-26(13-11-25)37-21-27-14-15-29(38-27)30(35)33-18-16-32(17-19-33)20-28-22(2)31-34(23(28)3)24-8-6-5-7-9-24/h5-15H,4,16-21H2,1-3H3. The smallest absolute Gasteiger partial charge is 0.289 e. The van der Waals surface area contributed by atoms with Crippen LogP contribution in [0.15, 0.2) is 71.1 Å². The Morgan fingerprint density at radius 3 is 2.26 bits per heavy atom. The molecule has 3 heterocycles. The summed E-state index contributed by atoms with van der Waals surface area (Å²) in [6.45, 7) is 10.7. The highest BCUT2D eigenvalue weighted by molar-refractivity contribution is 5.91. The normalized spacial score (nSPS) is 14.0. The Balaban J connectivity index is 1.13. The van der Waals surface area contributed by atoms with Gasteiger partial charge in [-0.2, -0.15) is 5.10 Å². The van der Waals surface area contributed by atoms with Gasteiger partial charge in [0.2, 0.25) is 0 Å². The summed E-state index contributed by atoms with van der Waals surface area (Å²) < 4.78 is 19.1. The molecule has 2 aromatic carbocycles. The molecule has 0 spiro atoms. The van der Waals surface area contributed by atoms with E-state index >= 15 is 0 Å². The Kier molecular flexibility index (Phi) is 7.79. The molecule has 5 rings (SSSR count). The second-order valence-corrected chi connectivity index (χ2v) is 9.42. The van der Waals surface area contributed by atoms with Crippen LogP contribution in [-0.4, -0.2) is 58.3 Å². The number of carbonyl (C=O) groups excluding carboxylic acids is 1. The van der Waals surface area contributed by atoms with Crippen molar-refractivity contribution in [2.24, 2.45) is 0 Å². The zero-order chi connectivity index (χ0) is 26.5. The fraction of sp³-hybridized carbons (Fsp3) is 0.333. The maximum atomic E-state index is 13.1. The van der Waals surface area contributed by atoms with E-state index in [9.17, 15) is 4.79 Å². The number of nitrogens with zero attached hydrogens (tertiary/aromatic N) is 4. The van der Waals surface area contributed by atoms with Crippen molar-refractivity contribution in [1.82, 2.24) is 19.6 Å². The highest BCUT2D eigenvalue weighted by Crippen LogP contribution is 2.22. The van der Waals surface area contributed by atoms with E-state index in [4.69, 9.17) is 19.0 Å². The number of para-hydroxylation sites is 1. The Bertz CT molecular complexity index is 1350. The molecule has 8 nitrogen and oxygen atoms in total. The Morgan fingerprint density at radius 1 is 0.895 bits per heavy atom. The van der Waals surface area contributed by atoms with Crippen LogP contribution in [0.4, 0.5) is 0 Å². The minimum Gasteiger partial charge on any atom is -0.494 e. The number of carbonyl (C=O) groups is 1. The molecule has 38 heavy (non-hydrogen) atoms. The summed E-state index contributed by atoms with van der Waals surface area (Å²) in [5.41, 5.74) is 4.51. The Morgan fingerprint density at radius 2 is 1.58 bits per heavy atom. The van der Waals surface area contributed by atoms with Crippen molar-refractivity contribution in [3.8, 4) is 17.2 Å². The number of hydrogen-bond acceptors (Lipinski definition) is 6. The first kappa shape index (κ1) is 25.6. The van der Waals surface area contributed by atoms with Crippen molar-refractivity contribution in [3.05, 3.63) is 95.2 Å². The van der Waals surface area contributed by atoms with Gasteiger partial charge in [-0.1, -0.05) is 18.2 Å². The number of ether oxygens (including phenoxy) is 2. The minimum atomic E-state index is -0.0822. The topological polar surface area (TPSA) is 73.0 Å². The predicted molar refractivity (Wildman–Crippen MR) is 145 cm³/mol. The van der Waals surface area contributed by atoms with E-state index < -0.39 is 0 Å². The fourth-order valence-corrected chi connectivity index (χ4v) is 4.74. The predicted octanol–water partition coefficient (Wildman–Crippen LogP) is 5.02. The highest BCUT2D eigenvalue weighted by Gasteiger charge is 2.25. The van der Waals surface area contributed by atoms with Crippen LogP contribution >= 0.6 is 0 Å². The summed E-state index contributed by atoms with van der Waals surface area (Å²) in [5, 5.41) is 4.77. The fourth-order valence-electron chi connectivity index (χ4n) is 4.74. The lowest BCUT2D eigenvalue weighted by Gasteiger charge is -2.34. The van der Waals surface area contributed by atoms with Crippen molar-refractivity contribution in [2.45, 2.75) is 33.9 Å². The molecule has 0 saturated carbocycles. The summed E-state index contributed by atoms with van der Waals surface area (Å²) >= 11 is 0. The van der Waals surface area contributed by atoms with Gasteiger partial charge in [0.25, 0.3) is 5.91 Å². The van der Waals surface area contributed by atoms with Crippen LogP contribution in [0.25, 0.3) is 5.69 Å². The number of aromatic nitrogens is 2. The molecule has 0 aliphatic carbocycles. The van der Waals surface area contributed by atoms with E-state index in [0.717, 1.165) is 42.5 Å². The molecule has 0 N–H and O–H groups in total. The largest absolute Gasteiger partial charge is 0.494 e. The molecule has 1 saturated heterocycles. The van der Waals surface area contributed by atoms with Crippen LogP contribution in [0.3, 0.4) is 0 Å². The molecule has 0 radical (unpaired) electrons. The van der Waals surface area contributed by atoms with Crippen LogP contribution in [0.1, 0.15) is 40.2 Å². The third-order valence-electron chi connectivity index (χ3n) is 6.87. The van der Waals surface area contributed by atoms with Crippen LogP contribution in [0.2, 0.25) is 0 Å². The van der Waals surface area contributed by atoms with Gasteiger partial charge in [0, 0.05) is 44.0 Å². The third kappa shape index (κ3) is 5.75. The molecular formula is C30H34N4O4. The first-order chi connectivity index (χ1) is 18.5. The molecule has 4 aromatic rings. The molecular weight excluding hydrogens is 480 g/mol. The van der Waals surface area contributed by atoms with Gasteiger partial charge in [0.05, 0.1) is 18.0 Å². The summed E-state index contributed by atoms with van der Waals surface area (Å²) in [6, 6.07) is 21.2. The zero-order valence-electron chi connectivity index (χ0n) is 22.2. The monoisotopic (exact) mass is 514 g/mol. The Hall–Kier alpha value is -4.04. The van der Waals surface area contributed by atoms with E-state index in [0.29, 0.717) is 37.0 Å². The number of benzene rings is 2. The minimum absolute atomic E-state index is 0.0822. The number of amides is 1. The molecule has 1 aliphatic heterocycles. The second-order valence-electron chi connectivity index (χ2n) is 9.42. The van der Waals surface area contributed by atoms with Crippen LogP contribution in [0.5, 0.6) is 11.5 Å². The number of aryl methyl sites for hydroxylation is 1. The van der Waals surface area contributed by atoms with E-state index in [1.165, 1.54) is 5.56 Å². The Labute approximate surface area is 223 Å². The van der Waals surface area contributed by atoms with Gasteiger partial charge in [-0.25, -0.2) is 4.68 Å². The van der Waals surface area contributed by atoms with E-state index in [-0.39, 0.29) is 12.5 Å². The van der Waals surface area contributed by atoms with Gasteiger partial charge in [0.15, 0.2) is 5.76 Å². The van der Waals surface area contributed by atoms with Crippen molar-refractivity contribution in [1.29, 1.82) is 0 Å². The molecule has 8 heteroatoms. The van der Waals surface area contributed by atoms with Gasteiger partial charge in [-0.3, -0.25) is 9.69 Å². The molecule has 0 atom stereocenters. The van der Waals surface area contributed by atoms with Gasteiger partial charge in [-0.05, 0) is 69.3 Å². The summed E-state index contributed by atoms with van der Waals surface area (Å²) in [5.74, 6) is 2.40. The van der Waals surface area contributed by atoms with Gasteiger partial charge in [0.1, 0.15) is 23.9 Å². The van der Waals surface area contributed by atoms with Crippen molar-refractivity contribution >= 4 is 5.91 Å². The van der Waals surface area contributed by atoms with Crippen molar-refractivity contribution < 1.29 is 18.7 Å². The summed E-state index contributed by atoms with van der Waals surface area (Å²) in [7, 11) is 0. The molecule has 2 aromatic heterocycles. The highest BCUT2D eigenvalue weighted by atomic mass is 16.5. The SMILES string of the molecule is CCOc1ccc(OCc2ccc(C(=O)N3CCN(Cc4c(C)nn(-c5ccccc5)c4C)CC3)o2)cc1. The maximum absolute atomic E-state index is 13.1. The first-order valence-corrected chi connectivity index (χ1v) is 13.1. The molecule has 1 amide bonds. The number of rotatable bonds is 9. The molecule has 198 valence electrons. The van der Waals surface area contributed by atoms with Crippen LogP contribution in [-0.2, 0) is 13.2 Å². The summed E-state index contributed by atoms with van der Waals surface area (Å²) in [4.78, 5) is 17.3. The van der Waals surface area contributed by atoms with Crippen molar-refractivity contribution in [3.63, 3.8) is 0 Å². The molecule has 1 aliphatic rings. The third-order valence-corrected chi connectivity index (χ3v) is 6.87. The maximum Gasteiger partial charge on any atom is 0.289 e. The molecule has 1 fully saturated rings. The van der Waals surface area contributed by atoms with Gasteiger partial charge >= 0.3 is 0 Å². The van der Waals surface area contributed by atoms with E-state index in [1.807, 2.05) is 59.0 Å². The van der Waals surface area contributed by atoms with Crippen molar-refractivity contribution in [2.75, 3.05) is 32.8 Å². The van der Waals surface area contributed by atoms with Gasteiger partial charge in [-0.15, -0.1) is 0 Å². The lowest BCUT2D eigenvalue weighted by atomic mass is 10.1.